The summed E-state index contributed by atoms with van der Waals surface area (Å²) in [6.07, 6.45) is 32.8. The molecule has 1 heterocycles. The molecule has 3 heteroatoms. The van der Waals surface area contributed by atoms with Crippen molar-refractivity contribution in [3.8, 4) is 0 Å². The van der Waals surface area contributed by atoms with Crippen LogP contribution in [0.25, 0.3) is 0 Å². The summed E-state index contributed by atoms with van der Waals surface area (Å²) in [6.45, 7) is 3.51. The first-order chi connectivity index (χ1) is 15.8. The fourth-order valence-corrected chi connectivity index (χ4v) is 4.48. The smallest absolute Gasteiger partial charge is 0.305 e. The van der Waals surface area contributed by atoms with Crippen LogP contribution < -0.4 is 0 Å². The number of unbranched alkanes of at least 4 members (excludes halogenated alkanes) is 22. The Morgan fingerprint density at radius 2 is 0.906 bits per heavy atom. The number of hydrogen-bond acceptors (Lipinski definition) is 3. The summed E-state index contributed by atoms with van der Waals surface area (Å²) < 4.78 is 10.2. The van der Waals surface area contributed by atoms with Gasteiger partial charge in [-0.05, 0) is 6.42 Å². The van der Waals surface area contributed by atoms with Crippen molar-refractivity contribution in [1.82, 2.24) is 0 Å². The second kappa shape index (κ2) is 23.6. The lowest BCUT2D eigenvalue weighted by Crippen LogP contribution is -2.09. The van der Waals surface area contributed by atoms with Crippen LogP contribution in [-0.2, 0) is 14.3 Å². The van der Waals surface area contributed by atoms with E-state index >= 15 is 0 Å². The zero-order valence-corrected chi connectivity index (χ0v) is 21.7. The van der Waals surface area contributed by atoms with Crippen LogP contribution in [0.1, 0.15) is 161 Å². The Kier molecular flexibility index (Phi) is 21.7. The number of esters is 1. The van der Waals surface area contributed by atoms with Crippen molar-refractivity contribution >= 4 is 5.97 Å². The van der Waals surface area contributed by atoms with Crippen LogP contribution in [0.15, 0.2) is 0 Å². The largest absolute Gasteiger partial charge is 0.463 e. The summed E-state index contributed by atoms with van der Waals surface area (Å²) in [4.78, 5) is 11.5. The normalized spacial score (nSPS) is 15.2. The minimum Gasteiger partial charge on any atom is -0.463 e. The van der Waals surface area contributed by atoms with Crippen molar-refractivity contribution < 1.29 is 14.3 Å². The van der Waals surface area contributed by atoms with Gasteiger partial charge in [0.1, 0.15) is 12.7 Å². The van der Waals surface area contributed by atoms with E-state index in [9.17, 15) is 4.79 Å². The van der Waals surface area contributed by atoms with E-state index in [1.165, 1.54) is 135 Å². The van der Waals surface area contributed by atoms with Gasteiger partial charge in [0.05, 0.1) is 6.61 Å². The maximum atomic E-state index is 11.5. The number of rotatable bonds is 26. The highest BCUT2D eigenvalue weighted by molar-refractivity contribution is 5.69. The van der Waals surface area contributed by atoms with E-state index in [1.807, 2.05) is 0 Å². The highest BCUT2D eigenvalue weighted by Gasteiger charge is 2.23. The molecular formula is C29H56O3. The Hall–Kier alpha value is -0.570. The number of carbonyl (C=O) groups is 1. The lowest BCUT2D eigenvalue weighted by molar-refractivity contribution is -0.144. The van der Waals surface area contributed by atoms with E-state index in [0.29, 0.717) is 13.0 Å². The number of ether oxygens (including phenoxy) is 2. The van der Waals surface area contributed by atoms with Crippen LogP contribution in [0.2, 0.25) is 0 Å². The molecule has 0 saturated carbocycles. The summed E-state index contributed by atoms with van der Waals surface area (Å²) in [5.74, 6) is -0.0519. The summed E-state index contributed by atoms with van der Waals surface area (Å²) in [5.41, 5.74) is 0. The van der Waals surface area contributed by atoms with Crippen molar-refractivity contribution in [3.05, 3.63) is 0 Å². The van der Waals surface area contributed by atoms with E-state index in [2.05, 4.69) is 6.92 Å². The molecule has 0 aromatic heterocycles. The van der Waals surface area contributed by atoms with Crippen LogP contribution >= 0.6 is 0 Å². The first-order valence-corrected chi connectivity index (χ1v) is 14.6. The van der Waals surface area contributed by atoms with Crippen LogP contribution in [0, 0.1) is 0 Å². The summed E-state index contributed by atoms with van der Waals surface area (Å²) in [6, 6.07) is 0. The molecule has 1 rings (SSSR count). The van der Waals surface area contributed by atoms with E-state index in [-0.39, 0.29) is 12.1 Å². The quantitative estimate of drug-likeness (QED) is 0.0745. The fraction of sp³-hybridized carbons (Fsp3) is 0.966. The SMILES string of the molecule is CCCCCCCCCCCCCCCCCCCCCCCCCC(=O)OCC1CO1. The highest BCUT2D eigenvalue weighted by Crippen LogP contribution is 2.16. The predicted octanol–water partition coefficient (Wildman–Crippen LogP) is 9.31. The van der Waals surface area contributed by atoms with Crippen molar-refractivity contribution in [1.29, 1.82) is 0 Å². The molecule has 0 aromatic carbocycles. The van der Waals surface area contributed by atoms with Gasteiger partial charge in [-0.2, -0.15) is 0 Å². The molecular weight excluding hydrogens is 396 g/mol. The molecule has 3 nitrogen and oxygen atoms in total. The topological polar surface area (TPSA) is 38.8 Å². The Morgan fingerprint density at radius 1 is 0.594 bits per heavy atom. The highest BCUT2D eigenvalue weighted by atomic mass is 16.6. The van der Waals surface area contributed by atoms with E-state index in [0.717, 1.165) is 19.4 Å². The van der Waals surface area contributed by atoms with Crippen LogP contribution in [0.3, 0.4) is 0 Å². The fourth-order valence-electron chi connectivity index (χ4n) is 4.48. The van der Waals surface area contributed by atoms with Gasteiger partial charge in [0.25, 0.3) is 0 Å². The van der Waals surface area contributed by atoms with Gasteiger partial charge in [0.15, 0.2) is 0 Å². The monoisotopic (exact) mass is 452 g/mol. The molecule has 0 amide bonds. The van der Waals surface area contributed by atoms with Gasteiger partial charge < -0.3 is 9.47 Å². The minimum absolute atomic E-state index is 0.0519. The maximum absolute atomic E-state index is 11.5. The molecule has 0 bridgehead atoms. The van der Waals surface area contributed by atoms with Gasteiger partial charge in [0, 0.05) is 6.42 Å². The molecule has 0 aromatic rings. The van der Waals surface area contributed by atoms with Crippen LogP contribution in [0.4, 0.5) is 0 Å². The van der Waals surface area contributed by atoms with Crippen molar-refractivity contribution in [2.75, 3.05) is 13.2 Å². The van der Waals surface area contributed by atoms with E-state index in [4.69, 9.17) is 9.47 Å². The average molecular weight is 453 g/mol. The summed E-state index contributed by atoms with van der Waals surface area (Å²) >= 11 is 0. The van der Waals surface area contributed by atoms with Gasteiger partial charge in [-0.3, -0.25) is 4.79 Å². The molecule has 1 aliphatic heterocycles. The zero-order chi connectivity index (χ0) is 23.0. The molecule has 190 valence electrons. The third-order valence-corrected chi connectivity index (χ3v) is 6.82. The first kappa shape index (κ1) is 29.5. The molecule has 1 atom stereocenters. The average Bonchev–Trinajstić information content (AvgIpc) is 3.63. The van der Waals surface area contributed by atoms with Crippen molar-refractivity contribution in [3.63, 3.8) is 0 Å². The van der Waals surface area contributed by atoms with Gasteiger partial charge in [-0.15, -0.1) is 0 Å². The molecule has 32 heavy (non-hydrogen) atoms. The Bertz CT molecular complexity index is 392. The second-order valence-corrected chi connectivity index (χ2v) is 10.2. The molecule has 1 saturated heterocycles. The second-order valence-electron chi connectivity index (χ2n) is 10.2. The van der Waals surface area contributed by atoms with E-state index < -0.39 is 0 Å². The van der Waals surface area contributed by atoms with E-state index in [1.54, 1.807) is 0 Å². The van der Waals surface area contributed by atoms with Crippen molar-refractivity contribution in [2.24, 2.45) is 0 Å². The van der Waals surface area contributed by atoms with Gasteiger partial charge in [0.2, 0.25) is 0 Å². The number of hydrogen-bond donors (Lipinski definition) is 0. The zero-order valence-electron chi connectivity index (χ0n) is 21.7. The van der Waals surface area contributed by atoms with Gasteiger partial charge >= 0.3 is 5.97 Å². The lowest BCUT2D eigenvalue weighted by atomic mass is 10.0. The molecule has 1 unspecified atom stereocenters. The Labute approximate surface area is 200 Å². The Balaban J connectivity index is 1.62. The summed E-state index contributed by atoms with van der Waals surface area (Å²) in [7, 11) is 0. The predicted molar refractivity (Wildman–Crippen MR) is 137 cm³/mol. The number of carbonyl (C=O) groups excluding carboxylic acids is 1. The maximum Gasteiger partial charge on any atom is 0.305 e. The van der Waals surface area contributed by atoms with Gasteiger partial charge in [-0.1, -0.05) is 148 Å². The Morgan fingerprint density at radius 3 is 1.22 bits per heavy atom. The molecule has 1 aliphatic rings. The molecule has 0 N–H and O–H groups in total. The lowest BCUT2D eigenvalue weighted by Gasteiger charge is -2.04. The third-order valence-electron chi connectivity index (χ3n) is 6.82. The standard InChI is InChI=1S/C29H56O3/c1-2-3-4-5-6-7-8-9-10-11-12-13-14-15-16-17-18-19-20-21-22-23-24-25-29(30)32-27-28-26-31-28/h28H,2-27H2,1H3. The molecule has 0 radical (unpaired) electrons. The molecule has 0 aliphatic carbocycles. The summed E-state index contributed by atoms with van der Waals surface area (Å²) in [5, 5.41) is 0. The van der Waals surface area contributed by atoms with Gasteiger partial charge in [-0.25, -0.2) is 0 Å². The first-order valence-electron chi connectivity index (χ1n) is 14.6. The molecule has 1 fully saturated rings. The number of epoxide rings is 1. The minimum atomic E-state index is -0.0519. The van der Waals surface area contributed by atoms with Crippen LogP contribution in [-0.4, -0.2) is 25.3 Å². The van der Waals surface area contributed by atoms with Crippen LogP contribution in [0.5, 0.6) is 0 Å². The molecule has 0 spiro atoms. The van der Waals surface area contributed by atoms with Crippen molar-refractivity contribution in [2.45, 2.75) is 167 Å². The third kappa shape index (κ3) is 22.6.